The Morgan fingerprint density at radius 1 is 0.879 bits per heavy atom. The zero-order valence-electron chi connectivity index (χ0n) is 17.9. The summed E-state index contributed by atoms with van der Waals surface area (Å²) in [5, 5.41) is 12.5. The molecule has 166 valence electrons. The highest BCUT2D eigenvalue weighted by Crippen LogP contribution is 2.27. The van der Waals surface area contributed by atoms with Crippen molar-refractivity contribution in [3.8, 4) is 23.2 Å². The third-order valence-electron chi connectivity index (χ3n) is 5.47. The molecule has 8 heteroatoms. The van der Waals surface area contributed by atoms with Crippen LogP contribution in [0, 0.1) is 0 Å². The number of amides is 1. The van der Waals surface area contributed by atoms with E-state index in [1.807, 2.05) is 65.6 Å². The molecule has 0 spiro atoms. The van der Waals surface area contributed by atoms with Crippen LogP contribution in [0.3, 0.4) is 0 Å². The molecule has 5 rings (SSSR count). The molecule has 0 saturated carbocycles. The van der Waals surface area contributed by atoms with Crippen LogP contribution in [0.4, 0.5) is 0 Å². The van der Waals surface area contributed by atoms with Gasteiger partial charge in [0.1, 0.15) is 17.6 Å². The van der Waals surface area contributed by atoms with Crippen LogP contribution in [0.5, 0.6) is 17.4 Å². The summed E-state index contributed by atoms with van der Waals surface area (Å²) in [6.07, 6.45) is 4.91. The molecule has 3 heterocycles. The lowest BCUT2D eigenvalue weighted by molar-refractivity contribution is 0.0584. The molecule has 1 aliphatic heterocycles. The van der Waals surface area contributed by atoms with E-state index >= 15 is 0 Å². The van der Waals surface area contributed by atoms with Gasteiger partial charge in [-0.05, 0) is 36.4 Å². The fourth-order valence-corrected chi connectivity index (χ4v) is 3.77. The molecule has 1 amide bonds. The minimum atomic E-state index is -0.0386. The summed E-state index contributed by atoms with van der Waals surface area (Å²) in [7, 11) is 0. The molecule has 1 aliphatic rings. The second-order valence-corrected chi connectivity index (χ2v) is 7.70. The van der Waals surface area contributed by atoms with Gasteiger partial charge in [0.05, 0.1) is 5.56 Å². The lowest BCUT2D eigenvalue weighted by Crippen LogP contribution is -2.42. The van der Waals surface area contributed by atoms with Gasteiger partial charge in [0.25, 0.3) is 5.91 Å². The van der Waals surface area contributed by atoms with Crippen LogP contribution in [-0.4, -0.2) is 50.0 Å². The zero-order chi connectivity index (χ0) is 22.5. The third-order valence-corrected chi connectivity index (χ3v) is 5.47. The predicted molar refractivity (Wildman–Crippen MR) is 122 cm³/mol. The third kappa shape index (κ3) is 4.85. The Bertz CT molecular complexity index is 1190. The molecule has 8 nitrogen and oxygen atoms in total. The Kier molecular flexibility index (Phi) is 5.97. The number of likely N-dealkylation sites (tertiary alicyclic amines) is 1. The van der Waals surface area contributed by atoms with E-state index in [1.54, 1.807) is 29.2 Å². The van der Waals surface area contributed by atoms with Gasteiger partial charge in [-0.2, -0.15) is 5.10 Å². The summed E-state index contributed by atoms with van der Waals surface area (Å²) in [5.41, 5.74) is 0.556. The highest BCUT2D eigenvalue weighted by Gasteiger charge is 2.26. The Morgan fingerprint density at radius 2 is 1.67 bits per heavy atom. The van der Waals surface area contributed by atoms with Crippen molar-refractivity contribution in [1.29, 1.82) is 0 Å². The predicted octanol–water partition coefficient (Wildman–Crippen LogP) is 4.14. The summed E-state index contributed by atoms with van der Waals surface area (Å²) in [5.74, 6) is 2.31. The monoisotopic (exact) mass is 441 g/mol. The molecule has 2 aromatic carbocycles. The van der Waals surface area contributed by atoms with Crippen molar-refractivity contribution in [2.24, 2.45) is 0 Å². The fourth-order valence-electron chi connectivity index (χ4n) is 3.77. The number of hydrogen-bond donors (Lipinski definition) is 0. The van der Waals surface area contributed by atoms with Gasteiger partial charge < -0.3 is 14.4 Å². The molecular weight excluding hydrogens is 418 g/mol. The van der Waals surface area contributed by atoms with E-state index in [0.29, 0.717) is 41.8 Å². The first kappa shape index (κ1) is 20.7. The van der Waals surface area contributed by atoms with Gasteiger partial charge in [-0.3, -0.25) is 4.79 Å². The van der Waals surface area contributed by atoms with Crippen LogP contribution in [0.15, 0.2) is 85.2 Å². The molecule has 0 radical (unpaired) electrons. The van der Waals surface area contributed by atoms with Crippen molar-refractivity contribution >= 4 is 5.91 Å². The molecule has 0 atom stereocenters. The van der Waals surface area contributed by atoms with E-state index in [0.717, 1.165) is 12.8 Å². The molecule has 33 heavy (non-hydrogen) atoms. The van der Waals surface area contributed by atoms with Crippen molar-refractivity contribution in [2.45, 2.75) is 18.9 Å². The highest BCUT2D eigenvalue weighted by atomic mass is 16.5. The Morgan fingerprint density at radius 3 is 2.39 bits per heavy atom. The van der Waals surface area contributed by atoms with Crippen LogP contribution in [0.1, 0.15) is 23.2 Å². The van der Waals surface area contributed by atoms with Gasteiger partial charge in [0, 0.05) is 44.4 Å². The van der Waals surface area contributed by atoms with Crippen molar-refractivity contribution in [2.75, 3.05) is 13.1 Å². The van der Waals surface area contributed by atoms with Crippen LogP contribution < -0.4 is 9.47 Å². The second-order valence-electron chi connectivity index (χ2n) is 7.70. The SMILES string of the molecule is O=C(c1ccccc1Oc1ccccc1)N1CCC(Oc2ccc(-n3cccn3)nn2)CC1. The van der Waals surface area contributed by atoms with Crippen molar-refractivity contribution in [3.05, 3.63) is 90.8 Å². The molecule has 1 fully saturated rings. The fraction of sp³-hybridized carbons (Fsp3) is 0.200. The number of para-hydroxylation sites is 2. The zero-order valence-corrected chi connectivity index (χ0v) is 17.9. The maximum atomic E-state index is 13.2. The number of aromatic nitrogens is 4. The van der Waals surface area contributed by atoms with E-state index in [1.165, 1.54) is 0 Å². The lowest BCUT2D eigenvalue weighted by Gasteiger charge is -2.32. The number of piperidine rings is 1. The molecule has 0 bridgehead atoms. The molecule has 0 unspecified atom stereocenters. The topological polar surface area (TPSA) is 82.4 Å². The van der Waals surface area contributed by atoms with Gasteiger partial charge in [0.2, 0.25) is 5.88 Å². The number of hydrogen-bond acceptors (Lipinski definition) is 6. The summed E-state index contributed by atoms with van der Waals surface area (Å²) in [4.78, 5) is 15.0. The first-order valence-corrected chi connectivity index (χ1v) is 10.9. The molecule has 1 saturated heterocycles. The highest BCUT2D eigenvalue weighted by molar-refractivity contribution is 5.97. The second kappa shape index (κ2) is 9.52. The number of benzene rings is 2. The van der Waals surface area contributed by atoms with Gasteiger partial charge in [-0.25, -0.2) is 4.68 Å². The molecule has 2 aromatic heterocycles. The summed E-state index contributed by atoms with van der Waals surface area (Å²) >= 11 is 0. The van der Waals surface area contributed by atoms with E-state index in [2.05, 4.69) is 15.3 Å². The Balaban J connectivity index is 1.19. The van der Waals surface area contributed by atoms with E-state index in [4.69, 9.17) is 9.47 Å². The number of rotatable bonds is 6. The molecule has 0 N–H and O–H groups in total. The van der Waals surface area contributed by atoms with Crippen LogP contribution in [0.25, 0.3) is 5.82 Å². The Labute approximate surface area is 191 Å². The average molecular weight is 441 g/mol. The first-order valence-electron chi connectivity index (χ1n) is 10.9. The van der Waals surface area contributed by atoms with Gasteiger partial charge >= 0.3 is 0 Å². The quantitative estimate of drug-likeness (QED) is 0.447. The number of carbonyl (C=O) groups is 1. The normalized spacial score (nSPS) is 14.1. The van der Waals surface area contributed by atoms with E-state index in [9.17, 15) is 4.79 Å². The number of carbonyl (C=O) groups excluding carboxylic acids is 1. The van der Waals surface area contributed by atoms with Crippen molar-refractivity contribution < 1.29 is 14.3 Å². The van der Waals surface area contributed by atoms with Gasteiger partial charge in [-0.1, -0.05) is 30.3 Å². The summed E-state index contributed by atoms with van der Waals surface area (Å²) < 4.78 is 13.6. The van der Waals surface area contributed by atoms with Crippen LogP contribution >= 0.6 is 0 Å². The van der Waals surface area contributed by atoms with Gasteiger partial charge in [0.15, 0.2) is 5.82 Å². The molecule has 4 aromatic rings. The largest absolute Gasteiger partial charge is 0.473 e. The first-order chi connectivity index (χ1) is 16.3. The number of ether oxygens (including phenoxy) is 2. The van der Waals surface area contributed by atoms with Crippen molar-refractivity contribution in [1.82, 2.24) is 24.9 Å². The van der Waals surface area contributed by atoms with Crippen LogP contribution in [-0.2, 0) is 0 Å². The maximum absolute atomic E-state index is 13.2. The van der Waals surface area contributed by atoms with Gasteiger partial charge in [-0.15, -0.1) is 10.2 Å². The molecule has 0 aliphatic carbocycles. The summed E-state index contributed by atoms with van der Waals surface area (Å²) in [6.45, 7) is 1.20. The smallest absolute Gasteiger partial charge is 0.257 e. The number of nitrogens with zero attached hydrogens (tertiary/aromatic N) is 5. The van der Waals surface area contributed by atoms with E-state index < -0.39 is 0 Å². The Hall–Kier alpha value is -4.20. The molecular formula is C25H23N5O3. The standard InChI is InChI=1S/C25H23N5O3/c31-25(21-9-4-5-10-22(21)32-19-7-2-1-3-8-19)29-17-13-20(14-18-29)33-24-12-11-23(27-28-24)30-16-6-15-26-30/h1-12,15-16,20H,13-14,17-18H2. The average Bonchev–Trinajstić information content (AvgIpc) is 3.41. The van der Waals surface area contributed by atoms with Crippen LogP contribution in [0.2, 0.25) is 0 Å². The van der Waals surface area contributed by atoms with E-state index in [-0.39, 0.29) is 12.0 Å². The lowest BCUT2D eigenvalue weighted by atomic mass is 10.1. The van der Waals surface area contributed by atoms with Crippen molar-refractivity contribution in [3.63, 3.8) is 0 Å². The minimum absolute atomic E-state index is 0.0188. The minimum Gasteiger partial charge on any atom is -0.473 e. The summed E-state index contributed by atoms with van der Waals surface area (Å²) in [6, 6.07) is 22.3. The maximum Gasteiger partial charge on any atom is 0.257 e.